The molecular formula is C12H16N2O4S. The normalized spacial score (nSPS) is 16.3. The Kier molecular flexibility index (Phi) is 4.06. The third kappa shape index (κ3) is 3.93. The monoisotopic (exact) mass is 284 g/mol. The molecule has 0 atom stereocenters. The molecule has 1 aromatic carbocycles. The predicted molar refractivity (Wildman–Crippen MR) is 70.7 cm³/mol. The second-order valence-corrected chi connectivity index (χ2v) is 6.00. The maximum Gasteiger partial charge on any atom is 0.319 e. The highest BCUT2D eigenvalue weighted by molar-refractivity contribution is 7.85. The van der Waals surface area contributed by atoms with Crippen LogP contribution in [0, 0.1) is 0 Å². The van der Waals surface area contributed by atoms with E-state index in [9.17, 15) is 13.2 Å². The number of carbonyl (C=O) groups is 1. The molecule has 0 unspecified atom stereocenters. The lowest BCUT2D eigenvalue weighted by molar-refractivity contribution is 0.248. The fourth-order valence-electron chi connectivity index (χ4n) is 2.13. The second-order valence-electron chi connectivity index (χ2n) is 4.58. The molecular weight excluding hydrogens is 268 g/mol. The number of rotatable bonds is 3. The molecule has 0 bridgehead atoms. The minimum absolute atomic E-state index is 0.200. The Morgan fingerprint density at radius 2 is 1.74 bits per heavy atom. The van der Waals surface area contributed by atoms with Crippen molar-refractivity contribution in [1.82, 2.24) is 5.32 Å². The van der Waals surface area contributed by atoms with Crippen LogP contribution in [0.15, 0.2) is 29.2 Å². The molecule has 0 saturated heterocycles. The van der Waals surface area contributed by atoms with Crippen molar-refractivity contribution in [3.8, 4) is 0 Å². The first-order valence-corrected chi connectivity index (χ1v) is 7.54. The molecule has 0 spiro atoms. The van der Waals surface area contributed by atoms with Gasteiger partial charge in [0.2, 0.25) is 0 Å². The van der Waals surface area contributed by atoms with Gasteiger partial charge in [-0.2, -0.15) is 8.42 Å². The van der Waals surface area contributed by atoms with Crippen molar-refractivity contribution in [1.29, 1.82) is 0 Å². The van der Waals surface area contributed by atoms with E-state index < -0.39 is 10.1 Å². The van der Waals surface area contributed by atoms with Gasteiger partial charge in [-0.25, -0.2) is 4.79 Å². The molecule has 3 N–H and O–H groups in total. The van der Waals surface area contributed by atoms with Crippen LogP contribution < -0.4 is 10.6 Å². The lowest BCUT2D eigenvalue weighted by Gasteiger charge is -2.13. The van der Waals surface area contributed by atoms with Crippen LogP contribution in [0.5, 0.6) is 0 Å². The number of benzene rings is 1. The SMILES string of the molecule is O=C(Nc1ccc(S(=O)(=O)O)cc1)NC1CCCC1. The lowest BCUT2D eigenvalue weighted by Crippen LogP contribution is -2.36. The predicted octanol–water partition coefficient (Wildman–Crippen LogP) is 2.00. The fraction of sp³-hybridized carbons (Fsp3) is 0.417. The number of amides is 2. The Bertz CT molecular complexity index is 548. The summed E-state index contributed by atoms with van der Waals surface area (Å²) in [6.45, 7) is 0. The fourth-order valence-corrected chi connectivity index (χ4v) is 2.61. The molecule has 1 fully saturated rings. The number of hydrogen-bond donors (Lipinski definition) is 3. The van der Waals surface area contributed by atoms with Gasteiger partial charge in [-0.1, -0.05) is 12.8 Å². The van der Waals surface area contributed by atoms with E-state index >= 15 is 0 Å². The molecule has 1 saturated carbocycles. The van der Waals surface area contributed by atoms with Gasteiger partial charge in [0.15, 0.2) is 0 Å². The van der Waals surface area contributed by atoms with E-state index in [1.54, 1.807) is 0 Å². The number of urea groups is 1. The number of anilines is 1. The van der Waals surface area contributed by atoms with Crippen LogP contribution in [0.25, 0.3) is 0 Å². The molecule has 2 amide bonds. The van der Waals surface area contributed by atoms with Gasteiger partial charge in [-0.3, -0.25) is 4.55 Å². The van der Waals surface area contributed by atoms with Crippen LogP contribution in [-0.4, -0.2) is 25.0 Å². The standard InChI is InChI=1S/C12H16N2O4S/c15-12(13-9-3-1-2-4-9)14-10-5-7-11(8-6-10)19(16,17)18/h5-9H,1-4H2,(H2,13,14,15)(H,16,17,18). The summed E-state index contributed by atoms with van der Waals surface area (Å²) in [5.74, 6) is 0. The topological polar surface area (TPSA) is 95.5 Å². The van der Waals surface area contributed by atoms with E-state index in [4.69, 9.17) is 4.55 Å². The molecule has 0 heterocycles. The van der Waals surface area contributed by atoms with E-state index in [0.29, 0.717) is 5.69 Å². The van der Waals surface area contributed by atoms with Crippen LogP contribution in [0.3, 0.4) is 0 Å². The third-order valence-electron chi connectivity index (χ3n) is 3.10. The van der Waals surface area contributed by atoms with Gasteiger partial charge in [-0.05, 0) is 37.1 Å². The second kappa shape index (κ2) is 5.58. The third-order valence-corrected chi connectivity index (χ3v) is 3.97. The smallest absolute Gasteiger partial charge is 0.319 e. The van der Waals surface area contributed by atoms with Crippen LogP contribution in [0.4, 0.5) is 10.5 Å². The van der Waals surface area contributed by atoms with Crippen LogP contribution >= 0.6 is 0 Å². The lowest BCUT2D eigenvalue weighted by atomic mass is 10.2. The van der Waals surface area contributed by atoms with Crippen LogP contribution in [0.1, 0.15) is 25.7 Å². The average Bonchev–Trinajstić information content (AvgIpc) is 2.81. The molecule has 0 aliphatic heterocycles. The van der Waals surface area contributed by atoms with Gasteiger partial charge in [0.05, 0.1) is 4.90 Å². The molecule has 1 aliphatic carbocycles. The maximum absolute atomic E-state index is 11.7. The summed E-state index contributed by atoms with van der Waals surface area (Å²) in [6, 6.07) is 5.25. The van der Waals surface area contributed by atoms with Crippen molar-refractivity contribution in [2.24, 2.45) is 0 Å². The van der Waals surface area contributed by atoms with Gasteiger partial charge < -0.3 is 10.6 Å². The molecule has 104 valence electrons. The molecule has 7 heteroatoms. The highest BCUT2D eigenvalue weighted by Gasteiger charge is 2.17. The summed E-state index contributed by atoms with van der Waals surface area (Å²) < 4.78 is 30.5. The molecule has 0 radical (unpaired) electrons. The molecule has 19 heavy (non-hydrogen) atoms. The highest BCUT2D eigenvalue weighted by Crippen LogP contribution is 2.18. The van der Waals surface area contributed by atoms with Crippen molar-refractivity contribution < 1.29 is 17.8 Å². The summed E-state index contributed by atoms with van der Waals surface area (Å²) in [6.07, 6.45) is 4.26. The summed E-state index contributed by atoms with van der Waals surface area (Å²) in [7, 11) is -4.20. The number of nitrogens with one attached hydrogen (secondary N) is 2. The Morgan fingerprint density at radius 1 is 1.16 bits per heavy atom. The summed E-state index contributed by atoms with van der Waals surface area (Å²) >= 11 is 0. The zero-order chi connectivity index (χ0) is 13.9. The van der Waals surface area contributed by atoms with Crippen molar-refractivity contribution in [3.63, 3.8) is 0 Å². The first-order valence-electron chi connectivity index (χ1n) is 6.10. The van der Waals surface area contributed by atoms with Gasteiger partial charge in [0.25, 0.3) is 10.1 Å². The first-order chi connectivity index (χ1) is 8.95. The number of hydrogen-bond acceptors (Lipinski definition) is 3. The number of carbonyl (C=O) groups excluding carboxylic acids is 1. The first kappa shape index (κ1) is 13.8. The quantitative estimate of drug-likeness (QED) is 0.740. The minimum atomic E-state index is -4.20. The van der Waals surface area contributed by atoms with Gasteiger partial charge >= 0.3 is 6.03 Å². The van der Waals surface area contributed by atoms with Gasteiger partial charge in [0.1, 0.15) is 0 Å². The summed E-state index contributed by atoms with van der Waals surface area (Å²) in [5.41, 5.74) is 0.475. The van der Waals surface area contributed by atoms with E-state index in [0.717, 1.165) is 25.7 Å². The zero-order valence-corrected chi connectivity index (χ0v) is 11.1. The largest absolute Gasteiger partial charge is 0.335 e. The zero-order valence-electron chi connectivity index (χ0n) is 10.3. The van der Waals surface area contributed by atoms with E-state index in [2.05, 4.69) is 10.6 Å². The van der Waals surface area contributed by atoms with Gasteiger partial charge in [0, 0.05) is 11.7 Å². The molecule has 1 aliphatic rings. The maximum atomic E-state index is 11.7. The van der Waals surface area contributed by atoms with Crippen molar-refractivity contribution in [2.75, 3.05) is 5.32 Å². The minimum Gasteiger partial charge on any atom is -0.335 e. The Hall–Kier alpha value is -1.60. The molecule has 0 aromatic heterocycles. The van der Waals surface area contributed by atoms with E-state index in [1.807, 2.05) is 0 Å². The van der Waals surface area contributed by atoms with Crippen molar-refractivity contribution >= 4 is 21.8 Å². The van der Waals surface area contributed by atoms with Crippen LogP contribution in [0.2, 0.25) is 0 Å². The summed E-state index contributed by atoms with van der Waals surface area (Å²) in [5, 5.41) is 5.48. The van der Waals surface area contributed by atoms with Crippen molar-refractivity contribution in [2.45, 2.75) is 36.6 Å². The summed E-state index contributed by atoms with van der Waals surface area (Å²) in [4.78, 5) is 11.5. The van der Waals surface area contributed by atoms with E-state index in [-0.39, 0.29) is 17.0 Å². The van der Waals surface area contributed by atoms with E-state index in [1.165, 1.54) is 24.3 Å². The Morgan fingerprint density at radius 3 is 2.26 bits per heavy atom. The van der Waals surface area contributed by atoms with Crippen LogP contribution in [-0.2, 0) is 10.1 Å². The Labute approximate surface area is 112 Å². The van der Waals surface area contributed by atoms with Crippen molar-refractivity contribution in [3.05, 3.63) is 24.3 Å². The molecule has 2 rings (SSSR count). The molecule has 1 aromatic rings. The van der Waals surface area contributed by atoms with Gasteiger partial charge in [-0.15, -0.1) is 0 Å². The highest BCUT2D eigenvalue weighted by atomic mass is 32.2. The Balaban J connectivity index is 1.93. The average molecular weight is 284 g/mol. The molecule has 6 nitrogen and oxygen atoms in total.